The van der Waals surface area contributed by atoms with Crippen LogP contribution >= 0.6 is 34.8 Å². The number of carbonyl (C=O) groups is 1. The lowest BCUT2D eigenvalue weighted by Gasteiger charge is -2.26. The number of furan rings is 1. The van der Waals surface area contributed by atoms with Crippen LogP contribution in [0.15, 0.2) is 22.8 Å². The highest BCUT2D eigenvalue weighted by atomic mass is 35.6. The van der Waals surface area contributed by atoms with Crippen molar-refractivity contribution in [2.24, 2.45) is 5.92 Å². The molecule has 0 radical (unpaired) electrons. The molecule has 0 spiro atoms. The second-order valence-corrected chi connectivity index (χ2v) is 6.97. The Morgan fingerprint density at radius 2 is 2.11 bits per heavy atom. The van der Waals surface area contributed by atoms with Crippen LogP contribution in [0.1, 0.15) is 26.0 Å². The molecule has 2 N–H and O–H groups in total. The molecule has 4 nitrogen and oxygen atoms in total. The van der Waals surface area contributed by atoms with Gasteiger partial charge in [0.1, 0.15) is 11.9 Å². The van der Waals surface area contributed by atoms with Crippen molar-refractivity contribution in [3.8, 4) is 0 Å². The molecule has 0 fully saturated rings. The van der Waals surface area contributed by atoms with E-state index in [1.165, 1.54) is 0 Å². The minimum atomic E-state index is -1.64. The molecule has 0 aromatic carbocycles. The molecule has 0 saturated carbocycles. The van der Waals surface area contributed by atoms with Crippen LogP contribution in [-0.4, -0.2) is 15.9 Å². The zero-order valence-electron chi connectivity index (χ0n) is 10.8. The molecule has 0 bridgehead atoms. The van der Waals surface area contributed by atoms with Gasteiger partial charge in [0.05, 0.1) is 12.8 Å². The standard InChI is InChI=1S/C12H17Cl3N2O2/c1-8(2)6-10(18)17-11(12(13,14)15)16-7-9-4-3-5-19-9/h3-5,8,11,16H,6-7H2,1-2H3,(H,17,18). The molecule has 1 amide bonds. The van der Waals surface area contributed by atoms with E-state index in [2.05, 4.69) is 10.6 Å². The summed E-state index contributed by atoms with van der Waals surface area (Å²) in [7, 11) is 0. The third kappa shape index (κ3) is 6.52. The van der Waals surface area contributed by atoms with Crippen molar-refractivity contribution in [1.29, 1.82) is 0 Å². The number of amides is 1. The van der Waals surface area contributed by atoms with E-state index in [0.717, 1.165) is 0 Å². The second kappa shape index (κ2) is 7.39. The first-order valence-corrected chi connectivity index (χ1v) is 7.04. The molecule has 1 heterocycles. The lowest BCUT2D eigenvalue weighted by Crippen LogP contribution is -2.53. The summed E-state index contributed by atoms with van der Waals surface area (Å²) < 4.78 is 3.52. The summed E-state index contributed by atoms with van der Waals surface area (Å²) in [5.41, 5.74) is 0. The van der Waals surface area contributed by atoms with Crippen molar-refractivity contribution in [3.63, 3.8) is 0 Å². The first-order chi connectivity index (χ1) is 8.79. The molecule has 1 unspecified atom stereocenters. The van der Waals surface area contributed by atoms with E-state index in [-0.39, 0.29) is 11.8 Å². The molecule has 1 atom stereocenters. The number of halogens is 3. The Balaban J connectivity index is 2.55. The quantitative estimate of drug-likeness (QED) is 0.623. The van der Waals surface area contributed by atoms with Crippen molar-refractivity contribution in [1.82, 2.24) is 10.6 Å². The van der Waals surface area contributed by atoms with Gasteiger partial charge in [-0.05, 0) is 18.1 Å². The molecule has 7 heteroatoms. The monoisotopic (exact) mass is 326 g/mol. The molecule has 0 aliphatic heterocycles. The third-order valence-electron chi connectivity index (χ3n) is 2.29. The van der Waals surface area contributed by atoms with E-state index >= 15 is 0 Å². The molecule has 0 aliphatic rings. The summed E-state index contributed by atoms with van der Waals surface area (Å²) in [6, 6.07) is 3.55. The van der Waals surface area contributed by atoms with Gasteiger partial charge in [0.2, 0.25) is 9.70 Å². The largest absolute Gasteiger partial charge is 0.468 e. The van der Waals surface area contributed by atoms with Gasteiger partial charge in [-0.15, -0.1) is 0 Å². The summed E-state index contributed by atoms with van der Waals surface area (Å²) in [5.74, 6) is 0.761. The first kappa shape index (κ1) is 16.6. The maximum Gasteiger partial charge on any atom is 0.223 e. The molecule has 0 aliphatic carbocycles. The molecule has 1 aromatic heterocycles. The Morgan fingerprint density at radius 1 is 1.42 bits per heavy atom. The number of hydrogen-bond donors (Lipinski definition) is 2. The number of alkyl halides is 3. The highest BCUT2D eigenvalue weighted by Gasteiger charge is 2.33. The molecular formula is C12H17Cl3N2O2. The van der Waals surface area contributed by atoms with Gasteiger partial charge in [-0.1, -0.05) is 48.7 Å². The van der Waals surface area contributed by atoms with Gasteiger partial charge in [-0.2, -0.15) is 0 Å². The van der Waals surface area contributed by atoms with E-state index in [4.69, 9.17) is 39.2 Å². The summed E-state index contributed by atoms with van der Waals surface area (Å²) in [5, 5.41) is 5.61. The van der Waals surface area contributed by atoms with Crippen LogP contribution in [0, 0.1) is 5.92 Å². The van der Waals surface area contributed by atoms with Crippen LogP contribution in [0.3, 0.4) is 0 Å². The smallest absolute Gasteiger partial charge is 0.223 e. The average molecular weight is 328 g/mol. The zero-order chi connectivity index (χ0) is 14.5. The zero-order valence-corrected chi connectivity index (χ0v) is 13.0. The maximum atomic E-state index is 11.7. The minimum absolute atomic E-state index is 0.168. The van der Waals surface area contributed by atoms with E-state index in [0.29, 0.717) is 18.7 Å². The number of carbonyl (C=O) groups excluding carboxylic acids is 1. The maximum absolute atomic E-state index is 11.7. The Hall–Kier alpha value is -0.420. The van der Waals surface area contributed by atoms with Crippen molar-refractivity contribution < 1.29 is 9.21 Å². The fraction of sp³-hybridized carbons (Fsp3) is 0.583. The predicted octanol–water partition coefficient (Wildman–Crippen LogP) is 3.23. The lowest BCUT2D eigenvalue weighted by molar-refractivity contribution is -0.122. The average Bonchev–Trinajstić information content (AvgIpc) is 2.74. The van der Waals surface area contributed by atoms with Gasteiger partial charge in [-0.25, -0.2) is 0 Å². The summed E-state index contributed by atoms with van der Waals surface area (Å²) in [6.45, 7) is 4.24. The summed E-state index contributed by atoms with van der Waals surface area (Å²) in [4.78, 5) is 11.7. The van der Waals surface area contributed by atoms with Crippen molar-refractivity contribution in [3.05, 3.63) is 24.2 Å². The van der Waals surface area contributed by atoms with Crippen LogP contribution in [0.4, 0.5) is 0 Å². The van der Waals surface area contributed by atoms with Gasteiger partial charge in [0.15, 0.2) is 0 Å². The van der Waals surface area contributed by atoms with E-state index in [1.54, 1.807) is 18.4 Å². The fourth-order valence-corrected chi connectivity index (χ4v) is 1.85. The Morgan fingerprint density at radius 3 is 2.58 bits per heavy atom. The minimum Gasteiger partial charge on any atom is -0.468 e. The number of nitrogens with one attached hydrogen (secondary N) is 2. The van der Waals surface area contributed by atoms with Gasteiger partial charge in [0.25, 0.3) is 0 Å². The van der Waals surface area contributed by atoms with Crippen LogP contribution < -0.4 is 10.6 Å². The normalized spacial score (nSPS) is 13.6. The van der Waals surface area contributed by atoms with Crippen LogP contribution in [0.2, 0.25) is 0 Å². The van der Waals surface area contributed by atoms with E-state index in [9.17, 15) is 4.79 Å². The third-order valence-corrected chi connectivity index (χ3v) is 2.94. The van der Waals surface area contributed by atoms with Crippen molar-refractivity contribution >= 4 is 40.7 Å². The van der Waals surface area contributed by atoms with Crippen molar-refractivity contribution in [2.75, 3.05) is 0 Å². The molecular weight excluding hydrogens is 311 g/mol. The van der Waals surface area contributed by atoms with Gasteiger partial charge >= 0.3 is 0 Å². The summed E-state index contributed by atoms with van der Waals surface area (Å²) in [6.07, 6.45) is 1.15. The van der Waals surface area contributed by atoms with Crippen LogP contribution in [0.5, 0.6) is 0 Å². The summed E-state index contributed by atoms with van der Waals surface area (Å²) >= 11 is 17.5. The molecule has 19 heavy (non-hydrogen) atoms. The van der Waals surface area contributed by atoms with E-state index in [1.807, 2.05) is 13.8 Å². The highest BCUT2D eigenvalue weighted by molar-refractivity contribution is 6.68. The number of hydrogen-bond acceptors (Lipinski definition) is 3. The molecule has 1 aromatic rings. The molecule has 1 rings (SSSR count). The fourth-order valence-electron chi connectivity index (χ4n) is 1.46. The first-order valence-electron chi connectivity index (χ1n) is 5.91. The SMILES string of the molecule is CC(C)CC(=O)NC(NCc1ccco1)C(Cl)(Cl)Cl. The Labute approximate surface area is 127 Å². The van der Waals surface area contributed by atoms with Crippen LogP contribution in [0.25, 0.3) is 0 Å². The van der Waals surface area contributed by atoms with Crippen molar-refractivity contribution in [2.45, 2.75) is 36.8 Å². The topological polar surface area (TPSA) is 54.3 Å². The Kier molecular flexibility index (Phi) is 6.47. The molecule has 0 saturated heterocycles. The van der Waals surface area contributed by atoms with E-state index < -0.39 is 9.96 Å². The predicted molar refractivity (Wildman–Crippen MR) is 77.2 cm³/mol. The number of rotatable bonds is 6. The molecule has 108 valence electrons. The second-order valence-electron chi connectivity index (χ2n) is 4.60. The highest BCUT2D eigenvalue weighted by Crippen LogP contribution is 2.29. The van der Waals surface area contributed by atoms with Gasteiger partial charge in [0, 0.05) is 6.42 Å². The van der Waals surface area contributed by atoms with Gasteiger partial charge < -0.3 is 9.73 Å². The Bertz CT molecular complexity index is 388. The van der Waals surface area contributed by atoms with Crippen LogP contribution in [-0.2, 0) is 11.3 Å². The van der Waals surface area contributed by atoms with Gasteiger partial charge in [-0.3, -0.25) is 10.1 Å². The lowest BCUT2D eigenvalue weighted by atomic mass is 10.1.